The molecule has 1 aromatic carbocycles. The number of ether oxygens (including phenoxy) is 1. The molecule has 0 spiro atoms. The number of aromatic amines is 1. The van der Waals surface area contributed by atoms with Crippen LogP contribution in [0.25, 0.3) is 11.0 Å². The number of carbonyl (C=O) groups excluding carboxylic acids is 1. The van der Waals surface area contributed by atoms with E-state index in [1.54, 1.807) is 0 Å². The number of nitrogens with zero attached hydrogens (tertiary/aromatic N) is 1. The number of esters is 1. The fourth-order valence-electron chi connectivity index (χ4n) is 2.35. The van der Waals surface area contributed by atoms with E-state index in [1.807, 2.05) is 13.8 Å². The largest absolute Gasteiger partial charge is 0.467 e. The van der Waals surface area contributed by atoms with Crippen LogP contribution >= 0.6 is 12.2 Å². The van der Waals surface area contributed by atoms with Crippen LogP contribution < -0.4 is 0 Å². The highest BCUT2D eigenvalue weighted by molar-refractivity contribution is 7.71. The van der Waals surface area contributed by atoms with Crippen LogP contribution in [-0.4, -0.2) is 22.6 Å². The van der Waals surface area contributed by atoms with Crippen molar-refractivity contribution in [1.82, 2.24) is 9.55 Å². The van der Waals surface area contributed by atoms with Gasteiger partial charge in [-0.05, 0) is 30.6 Å². The van der Waals surface area contributed by atoms with Gasteiger partial charge in [-0.3, -0.25) is 0 Å². The van der Waals surface area contributed by atoms with E-state index in [2.05, 4.69) is 4.98 Å². The Morgan fingerprint density at radius 1 is 1.43 bits per heavy atom. The van der Waals surface area contributed by atoms with E-state index < -0.39 is 23.6 Å². The number of nitrogens with one attached hydrogen (secondary N) is 1. The highest BCUT2D eigenvalue weighted by Crippen LogP contribution is 2.27. The molecule has 1 atom stereocenters. The molecule has 0 amide bonds. The molecule has 0 aliphatic heterocycles. The van der Waals surface area contributed by atoms with Crippen LogP contribution in [0.15, 0.2) is 12.1 Å². The molecule has 2 aromatic rings. The molecule has 1 unspecified atom stereocenters. The van der Waals surface area contributed by atoms with Gasteiger partial charge in [-0.1, -0.05) is 13.8 Å². The zero-order chi connectivity index (χ0) is 15.7. The summed E-state index contributed by atoms with van der Waals surface area (Å²) in [4.78, 5) is 14.7. The number of imidazole rings is 1. The smallest absolute Gasteiger partial charge is 0.328 e. The van der Waals surface area contributed by atoms with Crippen molar-refractivity contribution in [3.63, 3.8) is 0 Å². The number of rotatable bonds is 4. The van der Waals surface area contributed by atoms with E-state index in [-0.39, 0.29) is 21.7 Å². The molecule has 1 N–H and O–H groups in total. The molecule has 0 saturated heterocycles. The number of aromatic nitrogens is 2. The summed E-state index contributed by atoms with van der Waals surface area (Å²) in [6, 6.07) is 1.20. The summed E-state index contributed by atoms with van der Waals surface area (Å²) < 4.78 is 33.7. The first-order valence-corrected chi connectivity index (χ1v) is 6.93. The first kappa shape index (κ1) is 15.6. The molecule has 0 fully saturated rings. The molecule has 0 aliphatic carbocycles. The molecule has 0 radical (unpaired) electrons. The maximum atomic E-state index is 13.8. The molecule has 1 aromatic heterocycles. The van der Waals surface area contributed by atoms with Crippen molar-refractivity contribution in [2.24, 2.45) is 5.92 Å². The van der Waals surface area contributed by atoms with E-state index in [9.17, 15) is 13.6 Å². The first-order chi connectivity index (χ1) is 9.85. The van der Waals surface area contributed by atoms with Gasteiger partial charge < -0.3 is 14.3 Å². The third-order valence-electron chi connectivity index (χ3n) is 3.22. The third-order valence-corrected chi connectivity index (χ3v) is 3.52. The number of methoxy groups -OCH3 is 1. The van der Waals surface area contributed by atoms with E-state index in [4.69, 9.17) is 17.0 Å². The Labute approximate surface area is 125 Å². The summed E-state index contributed by atoms with van der Waals surface area (Å²) in [5.74, 6) is -1.79. The van der Waals surface area contributed by atoms with Crippen LogP contribution in [0, 0.1) is 22.3 Å². The van der Waals surface area contributed by atoms with Gasteiger partial charge in [0.25, 0.3) is 0 Å². The van der Waals surface area contributed by atoms with Crippen molar-refractivity contribution in [3.05, 3.63) is 28.5 Å². The second-order valence-corrected chi connectivity index (χ2v) is 5.64. The minimum absolute atomic E-state index is 0.0825. The van der Waals surface area contributed by atoms with Gasteiger partial charge in [0.1, 0.15) is 17.4 Å². The van der Waals surface area contributed by atoms with Crippen molar-refractivity contribution in [1.29, 1.82) is 0 Å². The fraction of sp³-hybridized carbons (Fsp3) is 0.429. The van der Waals surface area contributed by atoms with Gasteiger partial charge in [-0.2, -0.15) is 0 Å². The van der Waals surface area contributed by atoms with Crippen LogP contribution in [0.1, 0.15) is 26.3 Å². The molecule has 4 nitrogen and oxygen atoms in total. The molecule has 114 valence electrons. The van der Waals surface area contributed by atoms with Gasteiger partial charge in [0.15, 0.2) is 10.6 Å². The summed E-state index contributed by atoms with van der Waals surface area (Å²) in [5, 5.41) is 0. The maximum Gasteiger partial charge on any atom is 0.328 e. The molecule has 2 rings (SSSR count). The Morgan fingerprint density at radius 2 is 2.10 bits per heavy atom. The highest BCUT2D eigenvalue weighted by atomic mass is 32.1. The normalized spacial score (nSPS) is 12.9. The lowest BCUT2D eigenvalue weighted by Gasteiger charge is -2.19. The van der Waals surface area contributed by atoms with Crippen molar-refractivity contribution >= 4 is 29.2 Å². The Balaban J connectivity index is 2.70. The molecular formula is C14H16F2N2O2S. The number of halogens is 2. The van der Waals surface area contributed by atoms with E-state index in [0.717, 1.165) is 12.1 Å². The van der Waals surface area contributed by atoms with Crippen molar-refractivity contribution < 1.29 is 18.3 Å². The van der Waals surface area contributed by atoms with Gasteiger partial charge in [-0.25, -0.2) is 13.6 Å². The van der Waals surface area contributed by atoms with E-state index in [1.165, 1.54) is 11.7 Å². The Morgan fingerprint density at radius 3 is 2.67 bits per heavy atom. The van der Waals surface area contributed by atoms with Crippen LogP contribution in [0.4, 0.5) is 8.78 Å². The summed E-state index contributed by atoms with van der Waals surface area (Å²) in [5.41, 5.74) is 0.299. The maximum absolute atomic E-state index is 13.8. The van der Waals surface area contributed by atoms with Crippen LogP contribution in [0.3, 0.4) is 0 Å². The topological polar surface area (TPSA) is 47.0 Å². The number of fused-ring (bicyclic) bond motifs is 1. The second-order valence-electron chi connectivity index (χ2n) is 5.25. The average molecular weight is 314 g/mol. The Kier molecular flexibility index (Phi) is 4.41. The van der Waals surface area contributed by atoms with Gasteiger partial charge in [0.05, 0.1) is 12.6 Å². The lowest BCUT2D eigenvalue weighted by atomic mass is 10.0. The zero-order valence-electron chi connectivity index (χ0n) is 11.9. The van der Waals surface area contributed by atoms with Gasteiger partial charge in [-0.15, -0.1) is 0 Å². The standard InChI is InChI=1S/C14H16F2N2O2S/c1-7(2)4-11(13(19)20-3)18-10-6-8(15)5-9(16)12(10)17-14(18)21/h5-7,11H,4H2,1-3H3,(H,17,21). The molecule has 0 bridgehead atoms. The van der Waals surface area contributed by atoms with Crippen molar-refractivity contribution in [2.75, 3.05) is 7.11 Å². The number of H-pyrrole nitrogens is 1. The zero-order valence-corrected chi connectivity index (χ0v) is 12.8. The lowest BCUT2D eigenvalue weighted by molar-refractivity contribution is -0.145. The van der Waals surface area contributed by atoms with Gasteiger partial charge in [0.2, 0.25) is 0 Å². The predicted octanol–water partition coefficient (Wildman–Crippen LogP) is 3.74. The number of hydrogen-bond acceptors (Lipinski definition) is 3. The Hall–Kier alpha value is -1.76. The van der Waals surface area contributed by atoms with Crippen LogP contribution in [-0.2, 0) is 9.53 Å². The summed E-state index contributed by atoms with van der Waals surface area (Å²) in [7, 11) is 1.27. The van der Waals surface area contributed by atoms with Crippen LogP contribution in [0.2, 0.25) is 0 Å². The predicted molar refractivity (Wildman–Crippen MR) is 77.5 cm³/mol. The SMILES string of the molecule is COC(=O)C(CC(C)C)n1c(=S)[nH]c2c(F)cc(F)cc21. The molecule has 0 saturated carbocycles. The summed E-state index contributed by atoms with van der Waals surface area (Å²) in [6.45, 7) is 3.88. The second kappa shape index (κ2) is 5.93. The molecule has 21 heavy (non-hydrogen) atoms. The summed E-state index contributed by atoms with van der Waals surface area (Å²) >= 11 is 5.16. The minimum Gasteiger partial charge on any atom is -0.467 e. The van der Waals surface area contributed by atoms with E-state index in [0.29, 0.717) is 6.42 Å². The van der Waals surface area contributed by atoms with Crippen molar-refractivity contribution in [2.45, 2.75) is 26.3 Å². The first-order valence-electron chi connectivity index (χ1n) is 6.52. The number of hydrogen-bond donors (Lipinski definition) is 1. The fourth-order valence-corrected chi connectivity index (χ4v) is 2.68. The highest BCUT2D eigenvalue weighted by Gasteiger charge is 2.26. The average Bonchev–Trinajstić information content (AvgIpc) is 2.72. The number of carbonyl (C=O) groups is 1. The quantitative estimate of drug-likeness (QED) is 0.691. The lowest BCUT2D eigenvalue weighted by Crippen LogP contribution is -2.22. The van der Waals surface area contributed by atoms with Crippen molar-refractivity contribution in [3.8, 4) is 0 Å². The van der Waals surface area contributed by atoms with Gasteiger partial charge >= 0.3 is 5.97 Å². The van der Waals surface area contributed by atoms with E-state index >= 15 is 0 Å². The third kappa shape index (κ3) is 2.97. The van der Waals surface area contributed by atoms with Crippen LogP contribution in [0.5, 0.6) is 0 Å². The Bertz CT molecular complexity index is 736. The molecule has 0 aliphatic rings. The molecule has 1 heterocycles. The monoisotopic (exact) mass is 314 g/mol. The van der Waals surface area contributed by atoms with Gasteiger partial charge in [0, 0.05) is 6.07 Å². The minimum atomic E-state index is -0.747. The molecule has 7 heteroatoms. The molecular weight excluding hydrogens is 298 g/mol. The summed E-state index contributed by atoms with van der Waals surface area (Å²) in [6.07, 6.45) is 0.450. The number of benzene rings is 1.